The summed E-state index contributed by atoms with van der Waals surface area (Å²) < 4.78 is 0. The largest absolute Gasteiger partial charge is 0.329 e. The summed E-state index contributed by atoms with van der Waals surface area (Å²) in [4.78, 5) is 14.6. The molecule has 27 heavy (non-hydrogen) atoms. The van der Waals surface area contributed by atoms with Crippen LogP contribution in [0.25, 0.3) is 0 Å². The highest BCUT2D eigenvalue weighted by molar-refractivity contribution is 6.30. The summed E-state index contributed by atoms with van der Waals surface area (Å²) >= 11 is 6.17. The number of nitrogens with one attached hydrogen (secondary N) is 1. The van der Waals surface area contributed by atoms with Gasteiger partial charge in [0.1, 0.15) is 0 Å². The fraction of sp³-hybridized carbons (Fsp3) is 0.0417. The molecule has 4 aromatic rings. The first-order valence-corrected chi connectivity index (χ1v) is 9.15. The van der Waals surface area contributed by atoms with Gasteiger partial charge in [0, 0.05) is 17.3 Å². The molecule has 0 spiro atoms. The Morgan fingerprint density at radius 2 is 1.07 bits per heavy atom. The summed E-state index contributed by atoms with van der Waals surface area (Å²) in [6, 6.07) is 32.0. The van der Waals surface area contributed by atoms with Crippen molar-refractivity contribution in [1.82, 2.24) is 4.98 Å². The minimum atomic E-state index is -0.572. The summed E-state index contributed by atoms with van der Waals surface area (Å²) in [6.45, 7) is 0. The van der Waals surface area contributed by atoms with Gasteiger partial charge in [0.25, 0.3) is 0 Å². The molecule has 0 aliphatic carbocycles. The summed E-state index contributed by atoms with van der Waals surface area (Å²) in [6.07, 6.45) is 1.80. The van der Waals surface area contributed by atoms with Crippen LogP contribution in [0, 0.1) is 0 Å². The predicted octanol–water partition coefficient (Wildman–Crippen LogP) is 5.41. The molecule has 0 atom stereocenters. The summed E-state index contributed by atoms with van der Waals surface area (Å²) in [7, 11) is 0. The Bertz CT molecular complexity index is 1030. The first-order chi connectivity index (χ1) is 13.2. The zero-order chi connectivity index (χ0) is 18.7. The summed E-state index contributed by atoms with van der Waals surface area (Å²) in [5.41, 5.74) is 3.61. The van der Waals surface area contributed by atoms with Crippen LogP contribution in [0.2, 0.25) is 5.02 Å². The molecule has 4 rings (SSSR count). The Kier molecular flexibility index (Phi) is 4.66. The fourth-order valence-electron chi connectivity index (χ4n) is 3.72. The Hall–Kier alpha value is -3.10. The van der Waals surface area contributed by atoms with E-state index < -0.39 is 5.41 Å². The topological polar surface area (TPSA) is 32.9 Å². The van der Waals surface area contributed by atoms with E-state index in [1.807, 2.05) is 66.7 Å². The quantitative estimate of drug-likeness (QED) is 0.478. The molecule has 1 N–H and O–H groups in total. The molecule has 0 saturated heterocycles. The van der Waals surface area contributed by atoms with E-state index in [4.69, 9.17) is 11.6 Å². The molecule has 132 valence electrons. The Morgan fingerprint density at radius 3 is 1.56 bits per heavy atom. The van der Waals surface area contributed by atoms with Crippen LogP contribution in [-0.4, -0.2) is 4.98 Å². The summed E-state index contributed by atoms with van der Waals surface area (Å²) in [5.74, 6) is 0. The first kappa shape index (κ1) is 17.3. The molecule has 0 bridgehead atoms. The molecular weight excluding hydrogens is 354 g/mol. The average Bonchev–Trinajstić information content (AvgIpc) is 2.73. The standard InChI is InChI=1S/C24H18ClNO/c25-22-14-11-20(12-15-22)24(18-7-3-1-4-8-18,19-9-5-2-6-10-19)21-13-16-23(27)26-17-21/h1-17H,(H,26,27). The third kappa shape index (κ3) is 3.09. The van der Waals surface area contributed by atoms with E-state index >= 15 is 0 Å². The van der Waals surface area contributed by atoms with Gasteiger partial charge in [-0.25, -0.2) is 0 Å². The van der Waals surface area contributed by atoms with Crippen LogP contribution in [0.15, 0.2) is 108 Å². The van der Waals surface area contributed by atoms with Crippen LogP contribution in [0.1, 0.15) is 22.3 Å². The lowest BCUT2D eigenvalue weighted by Crippen LogP contribution is -2.31. The van der Waals surface area contributed by atoms with Crippen molar-refractivity contribution in [3.8, 4) is 0 Å². The van der Waals surface area contributed by atoms with Gasteiger partial charge in [-0.2, -0.15) is 0 Å². The Labute approximate surface area is 163 Å². The predicted molar refractivity (Wildman–Crippen MR) is 110 cm³/mol. The first-order valence-electron chi connectivity index (χ1n) is 8.77. The zero-order valence-corrected chi connectivity index (χ0v) is 15.4. The molecule has 1 aromatic heterocycles. The van der Waals surface area contributed by atoms with Crippen LogP contribution >= 0.6 is 11.6 Å². The van der Waals surface area contributed by atoms with Gasteiger partial charge in [-0.15, -0.1) is 0 Å². The fourth-order valence-corrected chi connectivity index (χ4v) is 3.85. The molecule has 0 aliphatic rings. The van der Waals surface area contributed by atoms with E-state index in [9.17, 15) is 4.79 Å². The molecule has 0 radical (unpaired) electrons. The Balaban J connectivity index is 2.13. The van der Waals surface area contributed by atoms with E-state index in [0.717, 1.165) is 22.3 Å². The van der Waals surface area contributed by atoms with E-state index in [1.54, 1.807) is 12.3 Å². The number of hydrogen-bond donors (Lipinski definition) is 1. The number of aromatic amines is 1. The molecule has 3 aromatic carbocycles. The normalized spacial score (nSPS) is 11.3. The second kappa shape index (κ2) is 7.26. The van der Waals surface area contributed by atoms with Crippen molar-refractivity contribution in [2.75, 3.05) is 0 Å². The molecule has 0 fully saturated rings. The highest BCUT2D eigenvalue weighted by Gasteiger charge is 2.38. The van der Waals surface area contributed by atoms with E-state index in [2.05, 4.69) is 29.2 Å². The van der Waals surface area contributed by atoms with Crippen molar-refractivity contribution in [2.24, 2.45) is 0 Å². The van der Waals surface area contributed by atoms with Gasteiger partial charge in [-0.3, -0.25) is 4.79 Å². The van der Waals surface area contributed by atoms with Crippen molar-refractivity contribution in [1.29, 1.82) is 0 Å². The van der Waals surface area contributed by atoms with Gasteiger partial charge in [0.2, 0.25) is 5.56 Å². The van der Waals surface area contributed by atoms with E-state index in [1.165, 1.54) is 0 Å². The monoisotopic (exact) mass is 371 g/mol. The number of rotatable bonds is 4. The van der Waals surface area contributed by atoms with E-state index in [-0.39, 0.29) is 5.56 Å². The lowest BCUT2D eigenvalue weighted by atomic mass is 9.65. The van der Waals surface area contributed by atoms with Crippen LogP contribution < -0.4 is 5.56 Å². The highest BCUT2D eigenvalue weighted by Crippen LogP contribution is 2.44. The lowest BCUT2D eigenvalue weighted by molar-refractivity contribution is 0.739. The zero-order valence-electron chi connectivity index (χ0n) is 14.6. The number of benzene rings is 3. The second-order valence-electron chi connectivity index (χ2n) is 6.43. The maximum absolute atomic E-state index is 11.7. The number of H-pyrrole nitrogens is 1. The van der Waals surface area contributed by atoms with E-state index in [0.29, 0.717) is 5.02 Å². The molecule has 0 unspecified atom stereocenters. The van der Waals surface area contributed by atoms with Crippen LogP contribution in [0.4, 0.5) is 0 Å². The van der Waals surface area contributed by atoms with Crippen molar-refractivity contribution < 1.29 is 0 Å². The van der Waals surface area contributed by atoms with Gasteiger partial charge in [0.05, 0.1) is 5.41 Å². The molecule has 3 heteroatoms. The van der Waals surface area contributed by atoms with Crippen LogP contribution in [-0.2, 0) is 5.41 Å². The molecule has 0 aliphatic heterocycles. The van der Waals surface area contributed by atoms with Gasteiger partial charge in [0.15, 0.2) is 0 Å². The summed E-state index contributed by atoms with van der Waals surface area (Å²) in [5, 5.41) is 0.690. The molecule has 0 saturated carbocycles. The SMILES string of the molecule is O=c1ccc(C(c2ccccc2)(c2ccccc2)c2ccc(Cl)cc2)c[nH]1. The van der Waals surface area contributed by atoms with Gasteiger partial charge < -0.3 is 4.98 Å². The average molecular weight is 372 g/mol. The Morgan fingerprint density at radius 1 is 0.593 bits per heavy atom. The number of aromatic nitrogens is 1. The van der Waals surface area contributed by atoms with Crippen molar-refractivity contribution >= 4 is 11.6 Å². The highest BCUT2D eigenvalue weighted by atomic mass is 35.5. The minimum Gasteiger partial charge on any atom is -0.329 e. The third-order valence-corrected chi connectivity index (χ3v) is 5.16. The van der Waals surface area contributed by atoms with Crippen LogP contribution in [0.3, 0.4) is 0 Å². The van der Waals surface area contributed by atoms with Gasteiger partial charge >= 0.3 is 0 Å². The maximum atomic E-state index is 11.7. The maximum Gasteiger partial charge on any atom is 0.247 e. The molecular formula is C24H18ClNO. The molecule has 2 nitrogen and oxygen atoms in total. The lowest BCUT2D eigenvalue weighted by Gasteiger charge is -2.36. The number of hydrogen-bond acceptors (Lipinski definition) is 1. The second-order valence-corrected chi connectivity index (χ2v) is 6.87. The van der Waals surface area contributed by atoms with Crippen molar-refractivity contribution in [3.05, 3.63) is 141 Å². The number of halogens is 1. The third-order valence-electron chi connectivity index (χ3n) is 4.91. The molecule has 1 heterocycles. The van der Waals surface area contributed by atoms with Crippen molar-refractivity contribution in [2.45, 2.75) is 5.41 Å². The van der Waals surface area contributed by atoms with Gasteiger partial charge in [-0.05, 0) is 34.4 Å². The number of pyridine rings is 1. The molecule has 0 amide bonds. The minimum absolute atomic E-state index is 0.120. The van der Waals surface area contributed by atoms with Crippen LogP contribution in [0.5, 0.6) is 0 Å². The van der Waals surface area contributed by atoms with Crippen molar-refractivity contribution in [3.63, 3.8) is 0 Å². The smallest absolute Gasteiger partial charge is 0.247 e. The van der Waals surface area contributed by atoms with Gasteiger partial charge in [-0.1, -0.05) is 90.5 Å².